The van der Waals surface area contributed by atoms with E-state index in [9.17, 15) is 9.59 Å². The third kappa shape index (κ3) is 6.37. The Hall–Kier alpha value is -3.29. The van der Waals surface area contributed by atoms with E-state index >= 15 is 0 Å². The Labute approximate surface area is 177 Å². The van der Waals surface area contributed by atoms with Crippen molar-refractivity contribution in [2.45, 2.75) is 20.8 Å². The largest absolute Gasteiger partial charge is 0.501 e. The summed E-state index contributed by atoms with van der Waals surface area (Å²) in [6.45, 7) is 6.96. The Bertz CT molecular complexity index is 821. The van der Waals surface area contributed by atoms with Crippen LogP contribution in [-0.4, -0.2) is 64.2 Å². The molecule has 0 saturated carbocycles. The van der Waals surface area contributed by atoms with E-state index in [1.165, 1.54) is 14.2 Å². The zero-order valence-corrected chi connectivity index (χ0v) is 18.6. The number of methoxy groups -OCH3 is 4. The summed E-state index contributed by atoms with van der Waals surface area (Å²) in [4.78, 5) is 30.6. The summed E-state index contributed by atoms with van der Waals surface area (Å²) in [5.74, 6) is 0.291. The number of esters is 2. The van der Waals surface area contributed by atoms with E-state index < -0.39 is 11.9 Å². The highest BCUT2D eigenvalue weighted by atomic mass is 16.5. The molecule has 1 rings (SSSR count). The number of hydrogen-bond acceptors (Lipinski definition) is 7. The van der Waals surface area contributed by atoms with Crippen molar-refractivity contribution in [3.8, 4) is 5.75 Å². The van der Waals surface area contributed by atoms with Gasteiger partial charge in [-0.3, -0.25) is 0 Å². The van der Waals surface area contributed by atoms with Crippen molar-refractivity contribution < 1.29 is 28.5 Å². The summed E-state index contributed by atoms with van der Waals surface area (Å²) in [6, 6.07) is 7.39. The minimum atomic E-state index is -0.755. The monoisotopic (exact) mass is 418 g/mol. The van der Waals surface area contributed by atoms with Crippen molar-refractivity contribution in [1.29, 1.82) is 0 Å². The van der Waals surface area contributed by atoms with E-state index in [1.807, 2.05) is 43.0 Å². The van der Waals surface area contributed by atoms with Crippen molar-refractivity contribution in [1.82, 2.24) is 4.90 Å². The number of amidine groups is 1. The molecule has 0 aliphatic heterocycles. The Kier molecular flexibility index (Phi) is 10.2. The molecule has 1 aromatic rings. The molecule has 8 heteroatoms. The highest BCUT2D eigenvalue weighted by Crippen LogP contribution is 2.26. The van der Waals surface area contributed by atoms with Crippen molar-refractivity contribution in [3.63, 3.8) is 0 Å². The fraction of sp³-hybridized carbons (Fsp3) is 0.409. The summed E-state index contributed by atoms with van der Waals surface area (Å²) >= 11 is 0. The molecular formula is C22H30N2O6. The molecule has 30 heavy (non-hydrogen) atoms. The lowest BCUT2D eigenvalue weighted by Gasteiger charge is -2.26. The van der Waals surface area contributed by atoms with E-state index in [4.69, 9.17) is 14.2 Å². The number of ether oxygens (including phenoxy) is 4. The maximum atomic E-state index is 12.3. The van der Waals surface area contributed by atoms with Crippen molar-refractivity contribution in [2.24, 2.45) is 4.99 Å². The minimum absolute atomic E-state index is 0.179. The van der Waals surface area contributed by atoms with E-state index in [1.54, 1.807) is 21.1 Å². The fourth-order valence-corrected chi connectivity index (χ4v) is 2.68. The summed E-state index contributed by atoms with van der Waals surface area (Å²) in [7, 11) is 5.60. The Morgan fingerprint density at radius 3 is 2.00 bits per heavy atom. The van der Waals surface area contributed by atoms with Gasteiger partial charge in [-0.1, -0.05) is 12.1 Å². The number of aliphatic imine (C=N–C) groups is 1. The number of nitrogens with zero attached hydrogens (tertiary/aromatic N) is 2. The molecule has 0 aromatic heterocycles. The van der Waals surface area contributed by atoms with Crippen LogP contribution in [0.4, 0.5) is 0 Å². The van der Waals surface area contributed by atoms with Gasteiger partial charge in [0.1, 0.15) is 17.3 Å². The van der Waals surface area contributed by atoms with Gasteiger partial charge in [0.25, 0.3) is 0 Å². The predicted octanol–water partition coefficient (Wildman–Crippen LogP) is 3.04. The third-order valence-electron chi connectivity index (χ3n) is 4.40. The normalized spacial score (nSPS) is 12.6. The van der Waals surface area contributed by atoms with Crippen LogP contribution in [0, 0.1) is 0 Å². The minimum Gasteiger partial charge on any atom is -0.501 e. The molecule has 0 saturated heterocycles. The lowest BCUT2D eigenvalue weighted by molar-refractivity contribution is -0.138. The second-order valence-electron chi connectivity index (χ2n) is 6.02. The predicted molar refractivity (Wildman–Crippen MR) is 115 cm³/mol. The smallest absolute Gasteiger partial charge is 0.357 e. The molecule has 0 spiro atoms. The molecular weight excluding hydrogens is 388 g/mol. The topological polar surface area (TPSA) is 86.7 Å². The fourth-order valence-electron chi connectivity index (χ4n) is 2.68. The summed E-state index contributed by atoms with van der Waals surface area (Å²) in [5, 5.41) is 0. The Balaban J connectivity index is 3.80. The zero-order valence-electron chi connectivity index (χ0n) is 18.6. The summed E-state index contributed by atoms with van der Waals surface area (Å²) in [5.41, 5.74) is 1.30. The number of carbonyl (C=O) groups excluding carboxylic acids is 2. The summed E-state index contributed by atoms with van der Waals surface area (Å²) < 4.78 is 20.2. The van der Waals surface area contributed by atoms with Gasteiger partial charge in [-0.2, -0.15) is 0 Å². The molecule has 8 nitrogen and oxygen atoms in total. The summed E-state index contributed by atoms with van der Waals surface area (Å²) in [6.07, 6.45) is 1.00. The molecule has 0 unspecified atom stereocenters. The maximum Gasteiger partial charge on any atom is 0.357 e. The van der Waals surface area contributed by atoms with Crippen LogP contribution in [0.25, 0.3) is 5.57 Å². The standard InChI is InChI=1S/C22H30N2O6/c1-8-24(9-2)21(23-18(22(26)30-7)14-19(25)29-6)20(15(3)27-4)16-10-12-17(28-5)13-11-16/h10-14H,8-9H2,1-7H3/b18-14-,20-15+,23-21+. The Morgan fingerprint density at radius 2 is 1.57 bits per heavy atom. The first-order valence-electron chi connectivity index (χ1n) is 9.47. The van der Waals surface area contributed by atoms with Crippen LogP contribution in [0.5, 0.6) is 5.75 Å². The van der Waals surface area contributed by atoms with Crippen LogP contribution in [0.2, 0.25) is 0 Å². The van der Waals surface area contributed by atoms with Crippen LogP contribution in [0.3, 0.4) is 0 Å². The quantitative estimate of drug-likeness (QED) is 0.200. The van der Waals surface area contributed by atoms with E-state index in [2.05, 4.69) is 9.73 Å². The van der Waals surface area contributed by atoms with Crippen LogP contribution >= 0.6 is 0 Å². The molecule has 0 fully saturated rings. The number of likely N-dealkylation sites (N-methyl/N-ethyl adjacent to an activating group) is 1. The van der Waals surface area contributed by atoms with Gasteiger partial charge in [-0.15, -0.1) is 0 Å². The van der Waals surface area contributed by atoms with Crippen molar-refractivity contribution in [3.05, 3.63) is 47.4 Å². The molecule has 0 radical (unpaired) electrons. The van der Waals surface area contributed by atoms with Crippen LogP contribution in [-0.2, 0) is 23.8 Å². The van der Waals surface area contributed by atoms with Crippen LogP contribution < -0.4 is 4.74 Å². The first-order valence-corrected chi connectivity index (χ1v) is 9.47. The first-order chi connectivity index (χ1) is 14.4. The molecule has 1 aromatic carbocycles. The SMILES string of the molecule is CCN(CC)C(=N/C(=C\C(=O)OC)C(=O)OC)/C(=C(\C)OC)c1ccc(OC)cc1. The van der Waals surface area contributed by atoms with Gasteiger partial charge in [0.15, 0.2) is 5.70 Å². The first kappa shape index (κ1) is 24.7. The van der Waals surface area contributed by atoms with E-state index in [-0.39, 0.29) is 5.70 Å². The molecule has 0 bridgehead atoms. The molecule has 0 N–H and O–H groups in total. The number of hydrogen-bond donors (Lipinski definition) is 0. The Morgan fingerprint density at radius 1 is 0.967 bits per heavy atom. The maximum absolute atomic E-state index is 12.3. The van der Waals surface area contributed by atoms with Gasteiger partial charge in [0.05, 0.1) is 40.1 Å². The number of benzene rings is 1. The van der Waals surface area contributed by atoms with Crippen molar-refractivity contribution in [2.75, 3.05) is 41.5 Å². The van der Waals surface area contributed by atoms with Gasteiger partial charge in [0, 0.05) is 13.1 Å². The lowest BCUT2D eigenvalue weighted by Crippen LogP contribution is -2.32. The van der Waals surface area contributed by atoms with Gasteiger partial charge >= 0.3 is 11.9 Å². The van der Waals surface area contributed by atoms with E-state index in [0.717, 1.165) is 11.6 Å². The van der Waals surface area contributed by atoms with Gasteiger partial charge in [-0.05, 0) is 38.5 Å². The zero-order chi connectivity index (χ0) is 22.7. The third-order valence-corrected chi connectivity index (χ3v) is 4.40. The molecule has 0 aliphatic rings. The molecule has 0 atom stereocenters. The van der Waals surface area contributed by atoms with Gasteiger partial charge in [-0.25, -0.2) is 14.6 Å². The van der Waals surface area contributed by atoms with E-state index in [0.29, 0.717) is 36.0 Å². The van der Waals surface area contributed by atoms with Crippen molar-refractivity contribution >= 4 is 23.3 Å². The van der Waals surface area contributed by atoms with Gasteiger partial charge in [0.2, 0.25) is 0 Å². The molecule has 0 amide bonds. The highest BCUT2D eigenvalue weighted by Gasteiger charge is 2.22. The molecule has 0 aliphatic carbocycles. The molecule has 164 valence electrons. The second kappa shape index (κ2) is 12.3. The average Bonchev–Trinajstić information content (AvgIpc) is 2.78. The number of allylic oxidation sites excluding steroid dienone is 1. The number of rotatable bonds is 9. The lowest BCUT2D eigenvalue weighted by atomic mass is 10.0. The van der Waals surface area contributed by atoms with Crippen LogP contribution in [0.1, 0.15) is 26.3 Å². The molecule has 0 heterocycles. The van der Waals surface area contributed by atoms with Crippen LogP contribution in [0.15, 0.2) is 46.8 Å². The number of carbonyl (C=O) groups is 2. The second-order valence-corrected chi connectivity index (χ2v) is 6.02. The highest BCUT2D eigenvalue weighted by molar-refractivity contribution is 6.24. The average molecular weight is 418 g/mol. The van der Waals surface area contributed by atoms with Gasteiger partial charge < -0.3 is 23.8 Å².